The van der Waals surface area contributed by atoms with E-state index in [1.165, 1.54) is 4.88 Å². The van der Waals surface area contributed by atoms with Gasteiger partial charge in [-0.15, -0.1) is 11.3 Å². The predicted octanol–water partition coefficient (Wildman–Crippen LogP) is 3.50. The molecule has 0 spiro atoms. The lowest BCUT2D eigenvalue weighted by atomic mass is 10.2. The Labute approximate surface area is 130 Å². The maximum absolute atomic E-state index is 8.83. The number of hydrogen-bond acceptors (Lipinski definition) is 5. The monoisotopic (exact) mass is 357 g/mol. The molecule has 0 saturated carbocycles. The smallest absolute Gasteiger partial charge is 0.163 e. The zero-order chi connectivity index (χ0) is 14.4. The maximum atomic E-state index is 8.83. The van der Waals surface area contributed by atoms with Crippen molar-refractivity contribution in [3.8, 4) is 11.5 Å². The summed E-state index contributed by atoms with van der Waals surface area (Å²) >= 11 is 5.21. The Morgan fingerprint density at radius 3 is 2.80 bits per heavy atom. The molecule has 0 radical (unpaired) electrons. The highest BCUT2D eigenvalue weighted by atomic mass is 79.9. The van der Waals surface area contributed by atoms with Gasteiger partial charge in [0, 0.05) is 21.1 Å². The molecule has 0 amide bonds. The minimum Gasteiger partial charge on any atom is -0.493 e. The van der Waals surface area contributed by atoms with Crippen molar-refractivity contribution in [1.82, 2.24) is 0 Å². The SMILES string of the molecule is COc1ccc(NCc2sccc2Br)cc1OCCO. The van der Waals surface area contributed by atoms with E-state index in [2.05, 4.69) is 21.2 Å². The quantitative estimate of drug-likeness (QED) is 0.796. The average Bonchev–Trinajstić information content (AvgIpc) is 2.88. The molecule has 0 unspecified atom stereocenters. The van der Waals surface area contributed by atoms with Gasteiger partial charge in [0.15, 0.2) is 11.5 Å². The number of aliphatic hydroxyl groups is 1. The molecule has 1 heterocycles. The molecule has 6 heteroatoms. The van der Waals surface area contributed by atoms with E-state index in [4.69, 9.17) is 14.6 Å². The van der Waals surface area contributed by atoms with E-state index in [0.717, 1.165) is 16.7 Å². The van der Waals surface area contributed by atoms with Crippen molar-refractivity contribution < 1.29 is 14.6 Å². The zero-order valence-electron chi connectivity index (χ0n) is 11.1. The van der Waals surface area contributed by atoms with E-state index in [1.54, 1.807) is 18.4 Å². The molecule has 0 aliphatic carbocycles. The van der Waals surface area contributed by atoms with E-state index in [1.807, 2.05) is 29.6 Å². The summed E-state index contributed by atoms with van der Waals surface area (Å²) in [5.41, 5.74) is 0.944. The Bertz CT molecular complexity index is 559. The first kappa shape index (κ1) is 15.2. The number of ether oxygens (including phenoxy) is 2. The molecule has 0 fully saturated rings. The van der Waals surface area contributed by atoms with E-state index >= 15 is 0 Å². The summed E-state index contributed by atoms with van der Waals surface area (Å²) in [6.45, 7) is 0.962. The van der Waals surface area contributed by atoms with E-state index in [9.17, 15) is 0 Å². The van der Waals surface area contributed by atoms with E-state index in [-0.39, 0.29) is 13.2 Å². The maximum Gasteiger partial charge on any atom is 0.163 e. The standard InChI is InChI=1S/C14H16BrNO3S/c1-18-12-3-2-10(8-13(12)19-6-5-17)16-9-14-11(15)4-7-20-14/h2-4,7-8,16-17H,5-6,9H2,1H3. The minimum atomic E-state index is -0.0248. The van der Waals surface area contributed by atoms with Gasteiger partial charge in [0.05, 0.1) is 20.3 Å². The van der Waals surface area contributed by atoms with Gasteiger partial charge in [0.25, 0.3) is 0 Å². The van der Waals surface area contributed by atoms with Crippen LogP contribution in [0.1, 0.15) is 4.88 Å². The Balaban J connectivity index is 2.06. The van der Waals surface area contributed by atoms with Crippen molar-refractivity contribution >= 4 is 33.0 Å². The van der Waals surface area contributed by atoms with Crippen LogP contribution in [0, 0.1) is 0 Å². The summed E-state index contributed by atoms with van der Waals surface area (Å²) in [5.74, 6) is 1.28. The highest BCUT2D eigenvalue weighted by molar-refractivity contribution is 9.10. The van der Waals surface area contributed by atoms with Crippen LogP contribution in [0.25, 0.3) is 0 Å². The average molecular weight is 358 g/mol. The third-order valence-electron chi connectivity index (χ3n) is 2.66. The molecule has 1 aromatic heterocycles. The van der Waals surface area contributed by atoms with Gasteiger partial charge in [0.2, 0.25) is 0 Å². The second-order valence-electron chi connectivity index (χ2n) is 3.98. The molecule has 108 valence electrons. The van der Waals surface area contributed by atoms with Crippen LogP contribution in [0.2, 0.25) is 0 Å². The molecule has 0 aliphatic heterocycles. The lowest BCUT2D eigenvalue weighted by Gasteiger charge is -2.12. The number of aliphatic hydroxyl groups excluding tert-OH is 1. The first-order valence-corrected chi connectivity index (χ1v) is 7.79. The molecule has 2 rings (SSSR count). The highest BCUT2D eigenvalue weighted by Gasteiger charge is 2.07. The molecular formula is C14H16BrNO3S. The molecular weight excluding hydrogens is 342 g/mol. The van der Waals surface area contributed by atoms with Gasteiger partial charge in [-0.2, -0.15) is 0 Å². The Morgan fingerprint density at radius 2 is 2.15 bits per heavy atom. The molecule has 0 atom stereocenters. The number of anilines is 1. The van der Waals surface area contributed by atoms with E-state index < -0.39 is 0 Å². The molecule has 4 nitrogen and oxygen atoms in total. The van der Waals surface area contributed by atoms with Crippen LogP contribution >= 0.6 is 27.3 Å². The number of methoxy groups -OCH3 is 1. The summed E-state index contributed by atoms with van der Waals surface area (Å²) in [6.07, 6.45) is 0. The highest BCUT2D eigenvalue weighted by Crippen LogP contribution is 2.31. The molecule has 1 aromatic carbocycles. The van der Waals surface area contributed by atoms with Gasteiger partial charge in [-0.3, -0.25) is 0 Å². The zero-order valence-corrected chi connectivity index (χ0v) is 13.5. The fraction of sp³-hybridized carbons (Fsp3) is 0.286. The van der Waals surface area contributed by atoms with Gasteiger partial charge < -0.3 is 19.9 Å². The molecule has 20 heavy (non-hydrogen) atoms. The lowest BCUT2D eigenvalue weighted by Crippen LogP contribution is -2.04. The second-order valence-corrected chi connectivity index (χ2v) is 5.84. The third-order valence-corrected chi connectivity index (χ3v) is 4.58. The van der Waals surface area contributed by atoms with Crippen LogP contribution in [0.15, 0.2) is 34.1 Å². The fourth-order valence-electron chi connectivity index (χ4n) is 1.69. The Kier molecular flexibility index (Phi) is 5.70. The van der Waals surface area contributed by atoms with Crippen LogP contribution in [-0.2, 0) is 6.54 Å². The molecule has 2 aromatic rings. The fourth-order valence-corrected chi connectivity index (χ4v) is 3.12. The number of nitrogens with one attached hydrogen (secondary N) is 1. The Hall–Kier alpha value is -1.24. The Morgan fingerprint density at radius 1 is 1.30 bits per heavy atom. The van der Waals surface area contributed by atoms with Gasteiger partial charge >= 0.3 is 0 Å². The van der Waals surface area contributed by atoms with Crippen LogP contribution < -0.4 is 14.8 Å². The molecule has 0 saturated heterocycles. The topological polar surface area (TPSA) is 50.7 Å². The first-order chi connectivity index (χ1) is 9.74. The van der Waals surface area contributed by atoms with Crippen molar-refractivity contribution in [3.05, 3.63) is 39.0 Å². The largest absolute Gasteiger partial charge is 0.493 e. The van der Waals surface area contributed by atoms with Crippen molar-refractivity contribution in [2.45, 2.75) is 6.54 Å². The first-order valence-electron chi connectivity index (χ1n) is 6.12. The van der Waals surface area contributed by atoms with Crippen LogP contribution in [0.3, 0.4) is 0 Å². The van der Waals surface area contributed by atoms with Crippen LogP contribution in [0.4, 0.5) is 5.69 Å². The van der Waals surface area contributed by atoms with Crippen molar-refractivity contribution in [2.24, 2.45) is 0 Å². The van der Waals surface area contributed by atoms with Crippen LogP contribution in [-0.4, -0.2) is 25.4 Å². The molecule has 2 N–H and O–H groups in total. The number of thiophene rings is 1. The molecule has 0 aliphatic rings. The van der Waals surface area contributed by atoms with Gasteiger partial charge in [-0.05, 0) is 39.5 Å². The summed E-state index contributed by atoms with van der Waals surface area (Å²) in [5, 5.41) is 14.2. The third kappa shape index (κ3) is 3.88. The number of hydrogen-bond donors (Lipinski definition) is 2. The van der Waals surface area contributed by atoms with E-state index in [0.29, 0.717) is 11.5 Å². The summed E-state index contributed by atoms with van der Waals surface area (Å²) < 4.78 is 11.8. The lowest BCUT2D eigenvalue weighted by molar-refractivity contribution is 0.196. The van der Waals surface area contributed by atoms with Crippen molar-refractivity contribution in [2.75, 3.05) is 25.6 Å². The summed E-state index contributed by atoms with van der Waals surface area (Å²) in [7, 11) is 1.59. The van der Waals surface area contributed by atoms with Crippen molar-refractivity contribution in [1.29, 1.82) is 0 Å². The van der Waals surface area contributed by atoms with Crippen LogP contribution in [0.5, 0.6) is 11.5 Å². The minimum absolute atomic E-state index is 0.0248. The summed E-state index contributed by atoms with van der Waals surface area (Å²) in [6, 6.07) is 7.69. The number of benzene rings is 1. The number of halogens is 1. The van der Waals surface area contributed by atoms with Crippen molar-refractivity contribution in [3.63, 3.8) is 0 Å². The second kappa shape index (κ2) is 7.52. The number of rotatable bonds is 7. The van der Waals surface area contributed by atoms with Gasteiger partial charge in [-0.25, -0.2) is 0 Å². The predicted molar refractivity (Wildman–Crippen MR) is 84.9 cm³/mol. The van der Waals surface area contributed by atoms with Gasteiger partial charge in [-0.1, -0.05) is 0 Å². The van der Waals surface area contributed by atoms with Gasteiger partial charge in [0.1, 0.15) is 6.61 Å². The normalized spacial score (nSPS) is 10.3. The molecule has 0 bridgehead atoms. The summed E-state index contributed by atoms with van der Waals surface area (Å²) in [4.78, 5) is 1.23.